The van der Waals surface area contributed by atoms with E-state index in [1.54, 1.807) is 12.1 Å². The first-order valence-corrected chi connectivity index (χ1v) is 9.59. The van der Waals surface area contributed by atoms with Crippen molar-refractivity contribution in [2.45, 2.75) is 44.6 Å². The molecule has 1 atom stereocenters. The summed E-state index contributed by atoms with van der Waals surface area (Å²) in [5.74, 6) is -0.407. The molecule has 0 radical (unpaired) electrons. The molecule has 0 aliphatic carbocycles. The van der Waals surface area contributed by atoms with Crippen molar-refractivity contribution < 1.29 is 17.6 Å². The summed E-state index contributed by atoms with van der Waals surface area (Å²) in [6.07, 6.45) is -0.170. The largest absolute Gasteiger partial charge is 0.411 e. The van der Waals surface area contributed by atoms with E-state index in [0.717, 1.165) is 35.3 Å². The summed E-state index contributed by atoms with van der Waals surface area (Å²) in [5, 5.41) is 0.651. The van der Waals surface area contributed by atoms with Crippen LogP contribution in [-0.2, 0) is 19.5 Å². The van der Waals surface area contributed by atoms with E-state index >= 15 is 0 Å². The van der Waals surface area contributed by atoms with Gasteiger partial charge in [0.25, 0.3) is 0 Å². The van der Waals surface area contributed by atoms with Gasteiger partial charge in [0.2, 0.25) is 0 Å². The van der Waals surface area contributed by atoms with Gasteiger partial charge in [-0.15, -0.1) is 0 Å². The number of benzene rings is 1. The number of likely N-dealkylation sites (N-methyl/N-ethyl adjacent to an activating group) is 1. The number of aliphatic imine (C=N–C) groups is 1. The van der Waals surface area contributed by atoms with Crippen LogP contribution in [0.25, 0.3) is 10.9 Å². The van der Waals surface area contributed by atoms with Gasteiger partial charge in [0.15, 0.2) is 5.82 Å². The van der Waals surface area contributed by atoms with Crippen LogP contribution in [-0.4, -0.2) is 41.5 Å². The van der Waals surface area contributed by atoms with Crippen LogP contribution < -0.4 is 0 Å². The van der Waals surface area contributed by atoms with Gasteiger partial charge in [-0.2, -0.15) is 13.2 Å². The van der Waals surface area contributed by atoms with Crippen molar-refractivity contribution >= 4 is 28.7 Å². The molecule has 1 aromatic heterocycles. The zero-order valence-electron chi connectivity index (χ0n) is 15.4. The molecular formula is C20H20ClF4N3. The Morgan fingerprint density at radius 2 is 2.07 bits per heavy atom. The molecule has 1 aromatic carbocycles. The van der Waals surface area contributed by atoms with Crippen molar-refractivity contribution in [3.63, 3.8) is 0 Å². The minimum Gasteiger partial charge on any atom is -0.344 e. The molecule has 2 aliphatic rings. The number of allylic oxidation sites excluding steroid dienone is 1. The maximum absolute atomic E-state index is 14.8. The predicted molar refractivity (Wildman–Crippen MR) is 103 cm³/mol. The fraction of sp³-hybridized carbons (Fsp3) is 0.450. The fourth-order valence-electron chi connectivity index (χ4n) is 4.05. The average molecular weight is 414 g/mol. The Hall–Kier alpha value is -1.86. The Balaban J connectivity index is 1.63. The third-order valence-corrected chi connectivity index (χ3v) is 5.82. The van der Waals surface area contributed by atoms with Crippen LogP contribution >= 0.6 is 11.6 Å². The zero-order chi connectivity index (χ0) is 20.1. The van der Waals surface area contributed by atoms with Gasteiger partial charge in [-0.1, -0.05) is 17.7 Å². The minimum atomic E-state index is -4.31. The van der Waals surface area contributed by atoms with E-state index in [0.29, 0.717) is 24.9 Å². The van der Waals surface area contributed by atoms with Crippen molar-refractivity contribution in [2.24, 2.45) is 4.99 Å². The molecule has 0 bridgehead atoms. The van der Waals surface area contributed by atoms with Crippen LogP contribution in [0.3, 0.4) is 0 Å². The van der Waals surface area contributed by atoms with Gasteiger partial charge >= 0.3 is 6.18 Å². The van der Waals surface area contributed by atoms with Gasteiger partial charge in [0.05, 0.1) is 10.5 Å². The summed E-state index contributed by atoms with van der Waals surface area (Å²) in [5.41, 5.74) is 3.59. The maximum Gasteiger partial charge on any atom is 0.411 e. The lowest BCUT2D eigenvalue weighted by Crippen LogP contribution is -2.28. The first-order chi connectivity index (χ1) is 13.3. The second kappa shape index (κ2) is 7.19. The summed E-state index contributed by atoms with van der Waals surface area (Å²) in [4.78, 5) is 5.79. The third kappa shape index (κ3) is 3.46. The van der Waals surface area contributed by atoms with Crippen LogP contribution in [0.5, 0.6) is 0 Å². The number of dihydropyridines is 1. The van der Waals surface area contributed by atoms with Gasteiger partial charge in [0, 0.05) is 43.3 Å². The van der Waals surface area contributed by atoms with Gasteiger partial charge in [0.1, 0.15) is 6.04 Å². The number of rotatable bonds is 3. The van der Waals surface area contributed by atoms with Crippen molar-refractivity contribution in [3.05, 3.63) is 45.9 Å². The molecule has 2 aliphatic heterocycles. The average Bonchev–Trinajstić information content (AvgIpc) is 2.96. The molecule has 0 N–H and O–H groups in total. The molecule has 0 spiro atoms. The van der Waals surface area contributed by atoms with Gasteiger partial charge < -0.3 is 9.47 Å². The fourth-order valence-corrected chi connectivity index (χ4v) is 4.21. The quantitative estimate of drug-likeness (QED) is 0.638. The highest BCUT2D eigenvalue weighted by molar-refractivity contribution is 6.31. The van der Waals surface area contributed by atoms with Gasteiger partial charge in [-0.3, -0.25) is 4.99 Å². The van der Waals surface area contributed by atoms with E-state index in [9.17, 15) is 17.6 Å². The standard InChI is InChI=1S/C20H20ClF4N3/c1-27-8-7-15-13(11-27)18-16(4-3-14(21)19(18)22)28(15)9-6-12-2-5-17(26-10-12)20(23,24)25/h2-4,10,17H,5-9,11H2,1H3. The van der Waals surface area contributed by atoms with Gasteiger partial charge in [-0.05, 0) is 43.2 Å². The molecule has 0 fully saturated rings. The van der Waals surface area contributed by atoms with Crippen LogP contribution in [0.4, 0.5) is 17.6 Å². The smallest absolute Gasteiger partial charge is 0.344 e. The van der Waals surface area contributed by atoms with Crippen LogP contribution in [0, 0.1) is 5.82 Å². The van der Waals surface area contributed by atoms with Crippen LogP contribution in [0.15, 0.2) is 28.8 Å². The number of nitrogens with zero attached hydrogens (tertiary/aromatic N) is 3. The van der Waals surface area contributed by atoms with Crippen LogP contribution in [0.1, 0.15) is 24.1 Å². The Kier molecular flexibility index (Phi) is 5.00. The summed E-state index contributed by atoms with van der Waals surface area (Å²) < 4.78 is 55.1. The lowest BCUT2D eigenvalue weighted by molar-refractivity contribution is -0.146. The third-order valence-electron chi connectivity index (χ3n) is 5.52. The molecule has 1 unspecified atom stereocenters. The van der Waals surface area contributed by atoms with E-state index in [1.807, 2.05) is 13.1 Å². The number of hydrogen-bond donors (Lipinski definition) is 0. The first kappa shape index (κ1) is 19.5. The van der Waals surface area contributed by atoms with E-state index in [2.05, 4.69) is 14.5 Å². The summed E-state index contributed by atoms with van der Waals surface area (Å²) in [6.45, 7) is 2.08. The lowest BCUT2D eigenvalue weighted by Gasteiger charge is -2.24. The van der Waals surface area contributed by atoms with Crippen molar-refractivity contribution in [1.29, 1.82) is 0 Å². The molecule has 150 valence electrons. The van der Waals surface area contributed by atoms with Crippen molar-refractivity contribution in [3.8, 4) is 0 Å². The second-order valence-corrected chi connectivity index (χ2v) is 7.83. The maximum atomic E-state index is 14.8. The van der Waals surface area contributed by atoms with E-state index < -0.39 is 18.0 Å². The molecule has 4 rings (SSSR count). The molecule has 3 heterocycles. The van der Waals surface area contributed by atoms with Crippen molar-refractivity contribution in [1.82, 2.24) is 9.47 Å². The lowest BCUT2D eigenvalue weighted by atomic mass is 10.0. The van der Waals surface area contributed by atoms with E-state index in [-0.39, 0.29) is 11.4 Å². The Morgan fingerprint density at radius 3 is 2.75 bits per heavy atom. The monoisotopic (exact) mass is 413 g/mol. The highest BCUT2D eigenvalue weighted by Gasteiger charge is 2.39. The first-order valence-electron chi connectivity index (χ1n) is 9.21. The minimum absolute atomic E-state index is 0.0981. The molecule has 2 aromatic rings. The summed E-state index contributed by atoms with van der Waals surface area (Å²) in [6, 6.07) is 1.73. The molecule has 0 amide bonds. The Bertz CT molecular complexity index is 974. The Morgan fingerprint density at radius 1 is 1.29 bits per heavy atom. The second-order valence-electron chi connectivity index (χ2n) is 7.42. The number of aromatic nitrogens is 1. The SMILES string of the molecule is CN1CCc2c(c3c(F)c(Cl)ccc3n2CCC2=CCC(C(F)(F)F)N=C2)C1. The highest BCUT2D eigenvalue weighted by Crippen LogP contribution is 2.35. The van der Waals surface area contributed by atoms with E-state index in [1.165, 1.54) is 6.21 Å². The predicted octanol–water partition coefficient (Wildman–Crippen LogP) is 5.14. The van der Waals surface area contributed by atoms with Crippen molar-refractivity contribution in [2.75, 3.05) is 13.6 Å². The number of halogens is 5. The summed E-state index contributed by atoms with van der Waals surface area (Å²) in [7, 11) is 1.99. The zero-order valence-corrected chi connectivity index (χ0v) is 16.1. The van der Waals surface area contributed by atoms with Crippen LogP contribution in [0.2, 0.25) is 5.02 Å². The molecule has 0 saturated carbocycles. The summed E-state index contributed by atoms with van der Waals surface area (Å²) >= 11 is 6.01. The molecular weight excluding hydrogens is 394 g/mol. The molecule has 28 heavy (non-hydrogen) atoms. The number of hydrogen-bond acceptors (Lipinski definition) is 2. The topological polar surface area (TPSA) is 20.5 Å². The normalized spacial score (nSPS) is 20.5. The number of fused-ring (bicyclic) bond motifs is 3. The van der Waals surface area contributed by atoms with E-state index in [4.69, 9.17) is 11.6 Å². The number of aryl methyl sites for hydroxylation is 1. The highest BCUT2D eigenvalue weighted by atomic mass is 35.5. The number of alkyl halides is 3. The molecule has 0 saturated heterocycles. The Labute approximate surface area is 165 Å². The van der Waals surface area contributed by atoms with Gasteiger partial charge in [-0.25, -0.2) is 4.39 Å². The molecule has 8 heteroatoms. The molecule has 3 nitrogen and oxygen atoms in total.